The third kappa shape index (κ3) is 15.4. The van der Waals surface area contributed by atoms with E-state index in [-0.39, 0.29) is 16.7 Å². The number of rotatable bonds is 21. The third-order valence-corrected chi connectivity index (χ3v) is 13.3. The number of aliphatic hydroxyl groups is 9. The average molecular weight is 1180 g/mol. The SMILES string of the molecule is CC(=O)OC[C@@H]1O[C@H](O[C@@H]2[C@H](O[C@H]3O[C@@H](CO)[C@H](O)[C@@H](O)[C@@H]3O)[C@H](O[C@@]3(COC(=O)C=Cc4ccc(O)c(O)c4)O[C@@H](CO)[C@@H](O)[C@@H]3OC(=O)c3ccccc3)O[C@@H](COC(C)=O)[C@@H]2OC(=O)C=Cc2ccc(O)c(O)c2)[C@@H](O)[C@@H](O)[C@@H]1O. The number of phenolic OH excluding ortho intramolecular Hbond substituents is 4. The van der Waals surface area contributed by atoms with E-state index in [1.54, 1.807) is 6.07 Å². The molecule has 0 unspecified atom stereocenters. The zero-order valence-electron chi connectivity index (χ0n) is 43.8. The largest absolute Gasteiger partial charge is 0.504 e. The van der Waals surface area contributed by atoms with Gasteiger partial charge in [0.2, 0.25) is 5.79 Å². The highest BCUT2D eigenvalue weighted by molar-refractivity contribution is 5.90. The molecule has 30 nitrogen and oxygen atoms in total. The van der Waals surface area contributed by atoms with Crippen molar-refractivity contribution in [2.75, 3.05) is 33.0 Å². The molecule has 19 atom stereocenters. The second-order valence-electron chi connectivity index (χ2n) is 19.2. The molecule has 13 N–H and O–H groups in total. The van der Waals surface area contributed by atoms with Gasteiger partial charge in [0.1, 0.15) is 99.2 Å². The Morgan fingerprint density at radius 1 is 0.518 bits per heavy atom. The molecule has 83 heavy (non-hydrogen) atoms. The maximum atomic E-state index is 14.1. The van der Waals surface area contributed by atoms with E-state index in [9.17, 15) is 90.4 Å². The number of hydrogen-bond donors (Lipinski definition) is 13. The van der Waals surface area contributed by atoms with Gasteiger partial charge in [0, 0.05) is 26.0 Å². The van der Waals surface area contributed by atoms with Gasteiger partial charge in [-0.25, -0.2) is 14.4 Å². The van der Waals surface area contributed by atoms with E-state index in [0.717, 1.165) is 62.4 Å². The Morgan fingerprint density at radius 3 is 1.57 bits per heavy atom. The minimum atomic E-state index is -2.98. The van der Waals surface area contributed by atoms with Crippen LogP contribution in [0.5, 0.6) is 23.0 Å². The lowest BCUT2D eigenvalue weighted by atomic mass is 9.95. The van der Waals surface area contributed by atoms with Crippen LogP contribution in [0.15, 0.2) is 78.9 Å². The summed E-state index contributed by atoms with van der Waals surface area (Å²) < 4.78 is 70.9. The number of carbonyl (C=O) groups excluding carboxylic acids is 5. The number of phenols is 4. The zero-order valence-corrected chi connectivity index (χ0v) is 43.8. The first-order chi connectivity index (χ1) is 39.4. The van der Waals surface area contributed by atoms with Crippen LogP contribution in [0.4, 0.5) is 0 Å². The molecule has 454 valence electrons. The molecule has 4 aliphatic rings. The van der Waals surface area contributed by atoms with Crippen molar-refractivity contribution in [3.05, 3.63) is 95.6 Å². The summed E-state index contributed by atoms with van der Waals surface area (Å²) in [6.45, 7) is -3.25. The minimum Gasteiger partial charge on any atom is -0.504 e. The number of benzene rings is 3. The molecular formula is C53H62O30. The molecule has 0 aromatic heterocycles. The molecule has 0 saturated carbocycles. The molecule has 0 amide bonds. The van der Waals surface area contributed by atoms with Gasteiger partial charge in [-0.05, 0) is 59.7 Å². The Labute approximate surface area is 469 Å². The molecule has 0 spiro atoms. The quantitative estimate of drug-likeness (QED) is 0.0214. The minimum absolute atomic E-state index is 0.104. The third-order valence-electron chi connectivity index (χ3n) is 13.3. The molecular weight excluding hydrogens is 1120 g/mol. The summed E-state index contributed by atoms with van der Waals surface area (Å²) in [7, 11) is 0. The normalized spacial score (nSPS) is 33.6. The molecule has 4 saturated heterocycles. The first-order valence-electron chi connectivity index (χ1n) is 25.3. The maximum absolute atomic E-state index is 14.1. The van der Waals surface area contributed by atoms with Gasteiger partial charge in [0.15, 0.2) is 54.1 Å². The highest BCUT2D eigenvalue weighted by atomic mass is 16.8. The predicted molar refractivity (Wildman–Crippen MR) is 268 cm³/mol. The summed E-state index contributed by atoms with van der Waals surface area (Å²) in [5.74, 6) is -10.8. The Bertz CT molecular complexity index is 2780. The summed E-state index contributed by atoms with van der Waals surface area (Å²) in [5, 5.41) is 139. The average Bonchev–Trinajstić information content (AvgIpc) is 2.42. The van der Waals surface area contributed by atoms with E-state index in [1.165, 1.54) is 36.4 Å². The topological polar surface area (TPSA) is 459 Å². The molecule has 3 aromatic carbocycles. The fourth-order valence-electron chi connectivity index (χ4n) is 8.97. The summed E-state index contributed by atoms with van der Waals surface area (Å²) in [4.78, 5) is 66.2. The highest BCUT2D eigenvalue weighted by Gasteiger charge is 2.64. The summed E-state index contributed by atoms with van der Waals surface area (Å²) in [5.41, 5.74) is 0.112. The summed E-state index contributed by atoms with van der Waals surface area (Å²) in [6.07, 6.45) is -34.7. The van der Waals surface area contributed by atoms with Crippen LogP contribution in [-0.2, 0) is 76.0 Å². The molecule has 3 aromatic rings. The number of esters is 5. The highest BCUT2D eigenvalue weighted by Crippen LogP contribution is 2.42. The van der Waals surface area contributed by atoms with Gasteiger partial charge in [-0.15, -0.1) is 0 Å². The number of hydrogen-bond acceptors (Lipinski definition) is 30. The van der Waals surface area contributed by atoms with Crippen molar-refractivity contribution in [3.8, 4) is 23.0 Å². The Morgan fingerprint density at radius 2 is 1.02 bits per heavy atom. The van der Waals surface area contributed by atoms with Crippen LogP contribution in [-0.4, -0.2) is 245 Å². The number of aromatic hydroxyl groups is 4. The van der Waals surface area contributed by atoms with E-state index < -0.39 is 202 Å². The first-order valence-corrected chi connectivity index (χ1v) is 25.3. The van der Waals surface area contributed by atoms with Gasteiger partial charge in [-0.3, -0.25) is 9.59 Å². The number of aliphatic hydroxyl groups excluding tert-OH is 9. The lowest BCUT2D eigenvalue weighted by Crippen LogP contribution is -2.69. The van der Waals surface area contributed by atoms with Crippen LogP contribution in [0, 0.1) is 0 Å². The van der Waals surface area contributed by atoms with E-state index in [4.69, 9.17) is 56.8 Å². The molecule has 0 radical (unpaired) electrons. The molecule has 7 rings (SSSR count). The fourth-order valence-corrected chi connectivity index (χ4v) is 8.97. The van der Waals surface area contributed by atoms with Crippen LogP contribution in [0.25, 0.3) is 12.2 Å². The van der Waals surface area contributed by atoms with Crippen LogP contribution < -0.4 is 0 Å². The maximum Gasteiger partial charge on any atom is 0.338 e. The van der Waals surface area contributed by atoms with Crippen LogP contribution in [0.3, 0.4) is 0 Å². The number of ether oxygens (including phenoxy) is 12. The van der Waals surface area contributed by atoms with Crippen LogP contribution in [0.1, 0.15) is 35.3 Å². The summed E-state index contributed by atoms with van der Waals surface area (Å²) in [6, 6.07) is 14.0. The van der Waals surface area contributed by atoms with Gasteiger partial charge >= 0.3 is 29.8 Å². The molecule has 30 heteroatoms. The summed E-state index contributed by atoms with van der Waals surface area (Å²) >= 11 is 0. The molecule has 4 aliphatic heterocycles. The van der Waals surface area contributed by atoms with E-state index in [2.05, 4.69) is 0 Å². The van der Waals surface area contributed by atoms with Crippen molar-refractivity contribution < 1.29 is 147 Å². The second-order valence-corrected chi connectivity index (χ2v) is 19.2. The molecule has 0 aliphatic carbocycles. The van der Waals surface area contributed by atoms with Crippen molar-refractivity contribution in [2.24, 2.45) is 0 Å². The van der Waals surface area contributed by atoms with Crippen molar-refractivity contribution >= 4 is 42.0 Å². The Balaban J connectivity index is 1.40. The van der Waals surface area contributed by atoms with Gasteiger partial charge < -0.3 is 123 Å². The molecule has 4 fully saturated rings. The van der Waals surface area contributed by atoms with E-state index in [1.807, 2.05) is 0 Å². The monoisotopic (exact) mass is 1180 g/mol. The standard InChI is InChI=1S/C53H62O30/c1-23(56)72-20-34-39(65)42(68)44(70)51(76-34)79-46-45(78-37(63)15-11-26-9-13-29(59)31(61)17-26)35(21-73-24(2)57)77-52(47(46)80-50-43(69)41(67)38(64)32(18-54)75-50)83-53(22-74-36(62)14-10-25-8-12-28(58)30(60)16-25)48(40(66)33(19-55)82-53)81-49(71)27-6-4-3-5-7-27/h3-17,32-35,38-48,50-52,54-55,58-61,64-70H,18-22H2,1-2H3/t32-,33-,34-,35-,38-,39+,40+,41+,42-,43-,44-,45-,46-,47-,48-,50+,51+,52-,53+/m0/s1. The molecule has 0 bridgehead atoms. The van der Waals surface area contributed by atoms with Gasteiger partial charge in [0.05, 0.1) is 18.8 Å². The van der Waals surface area contributed by atoms with E-state index >= 15 is 0 Å². The van der Waals surface area contributed by atoms with Crippen molar-refractivity contribution in [3.63, 3.8) is 0 Å². The van der Waals surface area contributed by atoms with Gasteiger partial charge in [-0.1, -0.05) is 30.3 Å². The van der Waals surface area contributed by atoms with Crippen molar-refractivity contribution in [1.29, 1.82) is 0 Å². The Hall–Kier alpha value is -6.95. The van der Waals surface area contributed by atoms with Crippen LogP contribution >= 0.6 is 0 Å². The lowest BCUT2D eigenvalue weighted by molar-refractivity contribution is -0.421. The van der Waals surface area contributed by atoms with Crippen molar-refractivity contribution in [1.82, 2.24) is 0 Å². The smallest absolute Gasteiger partial charge is 0.338 e. The Kier molecular flexibility index (Phi) is 21.5. The molecule has 4 heterocycles. The fraction of sp³-hybridized carbons (Fsp3) is 0.491. The van der Waals surface area contributed by atoms with E-state index in [0.29, 0.717) is 0 Å². The van der Waals surface area contributed by atoms with Crippen LogP contribution in [0.2, 0.25) is 0 Å². The van der Waals surface area contributed by atoms with Gasteiger partial charge in [-0.2, -0.15) is 0 Å². The number of carbonyl (C=O) groups is 5. The lowest BCUT2D eigenvalue weighted by Gasteiger charge is -2.50. The predicted octanol–water partition coefficient (Wildman–Crippen LogP) is -3.39. The van der Waals surface area contributed by atoms with Crippen molar-refractivity contribution in [2.45, 2.75) is 130 Å². The second kappa shape index (κ2) is 28.1. The first kappa shape index (κ1) is 63.6. The van der Waals surface area contributed by atoms with Gasteiger partial charge in [0.25, 0.3) is 0 Å². The zero-order chi connectivity index (χ0) is 60.4.